The Morgan fingerprint density at radius 2 is 2.24 bits per heavy atom. The minimum atomic E-state index is 0.515. The third-order valence-corrected chi connectivity index (χ3v) is 4.86. The number of anilines is 2. The van der Waals surface area contributed by atoms with Crippen molar-refractivity contribution in [1.82, 2.24) is 9.97 Å². The molecule has 1 aromatic heterocycles. The summed E-state index contributed by atoms with van der Waals surface area (Å²) in [6.45, 7) is 5.34. The van der Waals surface area contributed by atoms with Crippen LogP contribution in [0.1, 0.15) is 39.0 Å². The van der Waals surface area contributed by atoms with E-state index in [2.05, 4.69) is 33.2 Å². The molecule has 0 radical (unpaired) electrons. The number of hydrogen-bond donors (Lipinski definition) is 2. The van der Waals surface area contributed by atoms with Gasteiger partial charge in [-0.05, 0) is 50.5 Å². The number of nitrogens with two attached hydrogens (primary N) is 1. The summed E-state index contributed by atoms with van der Waals surface area (Å²) in [5.41, 5.74) is 5.76. The van der Waals surface area contributed by atoms with Crippen LogP contribution in [0, 0.1) is 11.8 Å². The molecule has 3 atom stereocenters. The molecule has 5 heteroatoms. The molecule has 0 amide bonds. The van der Waals surface area contributed by atoms with Crippen LogP contribution in [-0.2, 0) is 0 Å². The zero-order valence-electron chi connectivity index (χ0n) is 13.0. The lowest BCUT2D eigenvalue weighted by atomic mass is 10.0. The minimum absolute atomic E-state index is 0.515. The summed E-state index contributed by atoms with van der Waals surface area (Å²) in [7, 11) is 0. The van der Waals surface area contributed by atoms with Gasteiger partial charge in [-0.2, -0.15) is 0 Å². The van der Waals surface area contributed by atoms with E-state index >= 15 is 0 Å². The smallest absolute Gasteiger partial charge is 0.134 e. The number of hydrogen-bond acceptors (Lipinski definition) is 5. The average molecular weight is 289 g/mol. The van der Waals surface area contributed by atoms with E-state index in [-0.39, 0.29) is 0 Å². The Balaban J connectivity index is 1.63. The fourth-order valence-corrected chi connectivity index (χ4v) is 3.63. The Kier molecular flexibility index (Phi) is 4.58. The van der Waals surface area contributed by atoms with E-state index in [4.69, 9.17) is 5.73 Å². The Bertz CT molecular complexity index is 464. The summed E-state index contributed by atoms with van der Waals surface area (Å²) in [5, 5.41) is 3.56. The number of nitrogens with zero attached hydrogens (tertiary/aromatic N) is 3. The lowest BCUT2D eigenvalue weighted by Crippen LogP contribution is -2.34. The van der Waals surface area contributed by atoms with Crippen molar-refractivity contribution in [2.45, 2.75) is 45.1 Å². The zero-order chi connectivity index (χ0) is 14.7. The van der Waals surface area contributed by atoms with Crippen molar-refractivity contribution >= 4 is 11.6 Å². The van der Waals surface area contributed by atoms with E-state index in [1.807, 2.05) is 0 Å². The van der Waals surface area contributed by atoms with Crippen molar-refractivity contribution < 1.29 is 0 Å². The number of rotatable bonds is 4. The van der Waals surface area contributed by atoms with E-state index < -0.39 is 0 Å². The standard InChI is InChI=1S/C16H27N5/c1-12-3-2-6-21(10-12)16-8-15(18-11-19-16)20-14-5-4-13(7-14)9-17/h8,11-14H,2-7,9-10,17H2,1H3,(H,18,19,20). The molecule has 3 N–H and O–H groups in total. The van der Waals surface area contributed by atoms with Crippen molar-refractivity contribution in [3.63, 3.8) is 0 Å². The van der Waals surface area contributed by atoms with Crippen LogP contribution in [-0.4, -0.2) is 35.6 Å². The molecule has 2 aliphatic rings. The monoisotopic (exact) mass is 289 g/mol. The summed E-state index contributed by atoms with van der Waals surface area (Å²) in [6, 6.07) is 2.62. The van der Waals surface area contributed by atoms with Gasteiger partial charge in [0.2, 0.25) is 0 Å². The second-order valence-electron chi connectivity index (χ2n) is 6.71. The van der Waals surface area contributed by atoms with Crippen LogP contribution in [0.25, 0.3) is 0 Å². The SMILES string of the molecule is CC1CCCN(c2cc(NC3CCC(CN)C3)ncn2)C1. The van der Waals surface area contributed by atoms with Crippen LogP contribution >= 0.6 is 0 Å². The van der Waals surface area contributed by atoms with E-state index in [0.29, 0.717) is 12.0 Å². The van der Waals surface area contributed by atoms with E-state index in [1.165, 1.54) is 25.7 Å². The lowest BCUT2D eigenvalue weighted by molar-refractivity contribution is 0.444. The van der Waals surface area contributed by atoms with Gasteiger partial charge in [-0.25, -0.2) is 9.97 Å². The average Bonchev–Trinajstić information content (AvgIpc) is 2.95. The van der Waals surface area contributed by atoms with E-state index in [0.717, 1.165) is 43.6 Å². The van der Waals surface area contributed by atoms with Crippen molar-refractivity contribution in [3.05, 3.63) is 12.4 Å². The van der Waals surface area contributed by atoms with Crippen LogP contribution in [0.2, 0.25) is 0 Å². The number of piperidine rings is 1. The summed E-state index contributed by atoms with van der Waals surface area (Å²) in [4.78, 5) is 11.2. The first-order valence-corrected chi connectivity index (χ1v) is 8.28. The number of aromatic nitrogens is 2. The normalized spacial score (nSPS) is 29.6. The molecule has 1 aliphatic heterocycles. The van der Waals surface area contributed by atoms with Crippen LogP contribution in [0.5, 0.6) is 0 Å². The van der Waals surface area contributed by atoms with Crippen molar-refractivity contribution in [1.29, 1.82) is 0 Å². The Hall–Kier alpha value is -1.36. The fraction of sp³-hybridized carbons (Fsp3) is 0.750. The number of nitrogens with one attached hydrogen (secondary N) is 1. The molecule has 116 valence electrons. The molecule has 1 aromatic rings. The summed E-state index contributed by atoms with van der Waals surface area (Å²) in [5.74, 6) is 3.45. The van der Waals surface area contributed by atoms with Gasteiger partial charge in [-0.1, -0.05) is 6.92 Å². The molecule has 2 fully saturated rings. The third-order valence-electron chi connectivity index (χ3n) is 4.86. The molecule has 1 saturated heterocycles. The van der Waals surface area contributed by atoms with Gasteiger partial charge >= 0.3 is 0 Å². The maximum atomic E-state index is 5.76. The fourth-order valence-electron chi connectivity index (χ4n) is 3.63. The maximum absolute atomic E-state index is 5.76. The van der Waals surface area contributed by atoms with Crippen LogP contribution in [0.3, 0.4) is 0 Å². The quantitative estimate of drug-likeness (QED) is 0.890. The molecule has 0 spiro atoms. The van der Waals surface area contributed by atoms with E-state index in [1.54, 1.807) is 6.33 Å². The molecule has 21 heavy (non-hydrogen) atoms. The Morgan fingerprint density at radius 1 is 1.33 bits per heavy atom. The minimum Gasteiger partial charge on any atom is -0.367 e. The first kappa shape index (κ1) is 14.6. The van der Waals surface area contributed by atoms with Gasteiger partial charge in [0.15, 0.2) is 0 Å². The molecule has 5 nitrogen and oxygen atoms in total. The highest BCUT2D eigenvalue weighted by Crippen LogP contribution is 2.28. The Morgan fingerprint density at radius 3 is 3.00 bits per heavy atom. The molecule has 1 saturated carbocycles. The second-order valence-corrected chi connectivity index (χ2v) is 6.71. The van der Waals surface area contributed by atoms with Gasteiger partial charge in [0.25, 0.3) is 0 Å². The van der Waals surface area contributed by atoms with Gasteiger partial charge in [0, 0.05) is 25.2 Å². The van der Waals surface area contributed by atoms with Gasteiger partial charge in [-0.3, -0.25) is 0 Å². The van der Waals surface area contributed by atoms with Gasteiger partial charge in [-0.15, -0.1) is 0 Å². The van der Waals surface area contributed by atoms with Crippen LogP contribution in [0.15, 0.2) is 12.4 Å². The molecule has 1 aliphatic carbocycles. The van der Waals surface area contributed by atoms with E-state index in [9.17, 15) is 0 Å². The molecule has 0 aromatic carbocycles. The summed E-state index contributed by atoms with van der Waals surface area (Å²) < 4.78 is 0. The highest BCUT2D eigenvalue weighted by Gasteiger charge is 2.24. The highest BCUT2D eigenvalue weighted by atomic mass is 15.2. The molecule has 3 rings (SSSR count). The van der Waals surface area contributed by atoms with Gasteiger partial charge in [0.1, 0.15) is 18.0 Å². The molecular weight excluding hydrogens is 262 g/mol. The van der Waals surface area contributed by atoms with Gasteiger partial charge < -0.3 is 16.0 Å². The second kappa shape index (κ2) is 6.60. The zero-order valence-corrected chi connectivity index (χ0v) is 13.0. The van der Waals surface area contributed by atoms with Crippen LogP contribution < -0.4 is 16.0 Å². The molecular formula is C16H27N5. The van der Waals surface area contributed by atoms with Crippen molar-refractivity contribution in [3.8, 4) is 0 Å². The topological polar surface area (TPSA) is 67.1 Å². The van der Waals surface area contributed by atoms with Crippen molar-refractivity contribution in [2.24, 2.45) is 17.6 Å². The molecule has 3 unspecified atom stereocenters. The first-order chi connectivity index (χ1) is 10.2. The first-order valence-electron chi connectivity index (χ1n) is 8.28. The van der Waals surface area contributed by atoms with Crippen LogP contribution in [0.4, 0.5) is 11.6 Å². The maximum Gasteiger partial charge on any atom is 0.134 e. The molecule has 0 bridgehead atoms. The summed E-state index contributed by atoms with van der Waals surface area (Å²) in [6.07, 6.45) is 7.87. The predicted octanol–water partition coefficient (Wildman–Crippen LogP) is 2.25. The van der Waals surface area contributed by atoms with Crippen molar-refractivity contribution in [2.75, 3.05) is 29.9 Å². The van der Waals surface area contributed by atoms with Gasteiger partial charge in [0.05, 0.1) is 0 Å². The molecule has 2 heterocycles. The third kappa shape index (κ3) is 3.64. The summed E-state index contributed by atoms with van der Waals surface area (Å²) >= 11 is 0. The Labute approximate surface area is 127 Å². The highest BCUT2D eigenvalue weighted by molar-refractivity contribution is 5.49. The largest absolute Gasteiger partial charge is 0.367 e. The predicted molar refractivity (Wildman–Crippen MR) is 86.4 cm³/mol. The lowest BCUT2D eigenvalue weighted by Gasteiger charge is -2.32.